The maximum absolute atomic E-state index is 13.4. The number of rotatable bonds is 2. The molecule has 0 fully saturated rings. The monoisotopic (exact) mass is 274 g/mol. The molecule has 0 spiro atoms. The van der Waals surface area contributed by atoms with E-state index in [1.807, 2.05) is 0 Å². The van der Waals surface area contributed by atoms with Crippen molar-refractivity contribution in [3.63, 3.8) is 0 Å². The summed E-state index contributed by atoms with van der Waals surface area (Å²) in [5.74, 6) is -1.34. The number of anilines is 1. The van der Waals surface area contributed by atoms with E-state index < -0.39 is 17.5 Å². The Labute approximate surface area is 113 Å². The molecule has 0 saturated heterocycles. The Morgan fingerprint density at radius 3 is 2.70 bits per heavy atom. The van der Waals surface area contributed by atoms with Crippen LogP contribution in [0.2, 0.25) is 0 Å². The van der Waals surface area contributed by atoms with Crippen LogP contribution in [0.25, 0.3) is 0 Å². The van der Waals surface area contributed by atoms with E-state index in [0.29, 0.717) is 17.1 Å². The third-order valence-corrected chi connectivity index (χ3v) is 3.32. The summed E-state index contributed by atoms with van der Waals surface area (Å²) in [5, 5.41) is 7.62. The Kier molecular flexibility index (Phi) is 2.63. The second-order valence-corrected chi connectivity index (χ2v) is 4.70. The SMILES string of the molecule is Cc1cc(F)cc2c1N(Cc1nncn1C)C(=O)C2=O. The van der Waals surface area contributed by atoms with Crippen LogP contribution in [-0.2, 0) is 18.4 Å². The second kappa shape index (κ2) is 4.22. The van der Waals surface area contributed by atoms with Gasteiger partial charge in [-0.25, -0.2) is 4.39 Å². The zero-order valence-electron chi connectivity index (χ0n) is 10.9. The number of halogens is 1. The van der Waals surface area contributed by atoms with Crippen LogP contribution >= 0.6 is 0 Å². The number of carbonyl (C=O) groups excluding carboxylic acids is 2. The number of aryl methyl sites for hydroxylation is 2. The van der Waals surface area contributed by atoms with Crippen LogP contribution in [-0.4, -0.2) is 26.5 Å². The molecule has 20 heavy (non-hydrogen) atoms. The molecule has 2 heterocycles. The van der Waals surface area contributed by atoms with Gasteiger partial charge in [0.05, 0.1) is 17.8 Å². The molecule has 1 aliphatic heterocycles. The van der Waals surface area contributed by atoms with E-state index in [0.717, 1.165) is 6.07 Å². The molecule has 1 aromatic carbocycles. The van der Waals surface area contributed by atoms with Gasteiger partial charge in [0.15, 0.2) is 5.82 Å². The fraction of sp³-hybridized carbons (Fsp3) is 0.231. The first-order chi connectivity index (χ1) is 9.49. The average Bonchev–Trinajstić information content (AvgIpc) is 2.88. The van der Waals surface area contributed by atoms with Gasteiger partial charge in [0.2, 0.25) is 0 Å². The summed E-state index contributed by atoms with van der Waals surface area (Å²) in [6.07, 6.45) is 1.51. The fourth-order valence-electron chi connectivity index (χ4n) is 2.35. The van der Waals surface area contributed by atoms with Crippen molar-refractivity contribution in [1.82, 2.24) is 14.8 Å². The quantitative estimate of drug-likeness (QED) is 0.766. The summed E-state index contributed by atoms with van der Waals surface area (Å²) in [7, 11) is 1.75. The molecule has 3 rings (SSSR count). The highest BCUT2D eigenvalue weighted by Crippen LogP contribution is 2.34. The van der Waals surface area contributed by atoms with Gasteiger partial charge in [0.1, 0.15) is 12.1 Å². The van der Waals surface area contributed by atoms with Gasteiger partial charge in [0.25, 0.3) is 11.7 Å². The number of ketones is 1. The van der Waals surface area contributed by atoms with E-state index in [9.17, 15) is 14.0 Å². The molecule has 0 aliphatic carbocycles. The van der Waals surface area contributed by atoms with Gasteiger partial charge >= 0.3 is 0 Å². The molecule has 1 aliphatic rings. The van der Waals surface area contributed by atoms with Gasteiger partial charge in [-0.3, -0.25) is 14.5 Å². The standard InChI is InChI=1S/C13H11FN4O2/c1-7-3-8(14)4-9-11(7)18(13(20)12(9)19)5-10-16-15-6-17(10)2/h3-4,6H,5H2,1-2H3. The molecule has 6 nitrogen and oxygen atoms in total. The van der Waals surface area contributed by atoms with Crippen LogP contribution < -0.4 is 4.90 Å². The number of amides is 1. The molecule has 0 bridgehead atoms. The van der Waals surface area contributed by atoms with E-state index in [1.54, 1.807) is 18.5 Å². The predicted molar refractivity (Wildman–Crippen MR) is 67.7 cm³/mol. The molecule has 0 radical (unpaired) electrons. The number of benzene rings is 1. The van der Waals surface area contributed by atoms with Crippen molar-refractivity contribution >= 4 is 17.4 Å². The highest BCUT2D eigenvalue weighted by atomic mass is 19.1. The molecule has 0 saturated carbocycles. The smallest absolute Gasteiger partial charge is 0.299 e. The van der Waals surface area contributed by atoms with Gasteiger partial charge in [-0.05, 0) is 24.6 Å². The highest BCUT2D eigenvalue weighted by molar-refractivity contribution is 6.52. The predicted octanol–water partition coefficient (Wildman–Crippen LogP) is 0.992. The number of carbonyl (C=O) groups is 2. The summed E-state index contributed by atoms with van der Waals surface area (Å²) in [6, 6.07) is 2.40. The van der Waals surface area contributed by atoms with Crippen LogP contribution in [0.15, 0.2) is 18.5 Å². The normalized spacial score (nSPS) is 14.1. The molecule has 0 N–H and O–H groups in total. The fourth-order valence-corrected chi connectivity index (χ4v) is 2.35. The Morgan fingerprint density at radius 2 is 2.05 bits per heavy atom. The van der Waals surface area contributed by atoms with Crippen LogP contribution in [0.1, 0.15) is 21.7 Å². The summed E-state index contributed by atoms with van der Waals surface area (Å²) in [6.45, 7) is 1.79. The van der Waals surface area contributed by atoms with Crippen molar-refractivity contribution in [2.45, 2.75) is 13.5 Å². The number of Topliss-reactive ketones (excluding diaryl/α,β-unsaturated/α-hetero) is 1. The zero-order chi connectivity index (χ0) is 14.4. The van der Waals surface area contributed by atoms with Crippen LogP contribution in [0.5, 0.6) is 0 Å². The lowest BCUT2D eigenvalue weighted by molar-refractivity contribution is -0.114. The van der Waals surface area contributed by atoms with E-state index in [4.69, 9.17) is 0 Å². The molecular weight excluding hydrogens is 263 g/mol. The highest BCUT2D eigenvalue weighted by Gasteiger charge is 2.38. The Hall–Kier alpha value is -2.57. The van der Waals surface area contributed by atoms with Gasteiger partial charge in [0, 0.05) is 7.05 Å². The van der Waals surface area contributed by atoms with Crippen molar-refractivity contribution in [2.75, 3.05) is 4.90 Å². The molecule has 0 atom stereocenters. The Balaban J connectivity index is 2.09. The lowest BCUT2D eigenvalue weighted by Crippen LogP contribution is -2.30. The van der Waals surface area contributed by atoms with E-state index in [1.165, 1.54) is 17.3 Å². The minimum absolute atomic E-state index is 0.106. The zero-order valence-corrected chi connectivity index (χ0v) is 10.9. The Morgan fingerprint density at radius 1 is 1.30 bits per heavy atom. The number of aromatic nitrogens is 3. The van der Waals surface area contributed by atoms with Crippen LogP contribution in [0.3, 0.4) is 0 Å². The maximum Gasteiger partial charge on any atom is 0.299 e. The average molecular weight is 274 g/mol. The minimum Gasteiger partial charge on any atom is -0.319 e. The molecular formula is C13H11FN4O2. The van der Waals surface area contributed by atoms with Gasteiger partial charge in [-0.15, -0.1) is 10.2 Å². The summed E-state index contributed by atoms with van der Waals surface area (Å²) < 4.78 is 15.0. The minimum atomic E-state index is -0.690. The first-order valence-electron chi connectivity index (χ1n) is 5.98. The van der Waals surface area contributed by atoms with Crippen LogP contribution in [0, 0.1) is 12.7 Å². The first kappa shape index (κ1) is 12.5. The summed E-state index contributed by atoms with van der Waals surface area (Å²) >= 11 is 0. The summed E-state index contributed by atoms with van der Waals surface area (Å²) in [4.78, 5) is 25.3. The third kappa shape index (κ3) is 1.70. The third-order valence-electron chi connectivity index (χ3n) is 3.32. The number of hydrogen-bond acceptors (Lipinski definition) is 4. The van der Waals surface area contributed by atoms with Crippen LogP contribution in [0.4, 0.5) is 10.1 Å². The van der Waals surface area contributed by atoms with Crippen molar-refractivity contribution in [3.05, 3.63) is 41.2 Å². The Bertz CT molecular complexity index is 738. The lowest BCUT2D eigenvalue weighted by atomic mass is 10.1. The summed E-state index contributed by atoms with van der Waals surface area (Å²) in [5.41, 5.74) is 1.10. The van der Waals surface area contributed by atoms with E-state index in [-0.39, 0.29) is 12.1 Å². The molecule has 102 valence electrons. The maximum atomic E-state index is 13.4. The van der Waals surface area contributed by atoms with E-state index in [2.05, 4.69) is 10.2 Å². The van der Waals surface area contributed by atoms with E-state index >= 15 is 0 Å². The second-order valence-electron chi connectivity index (χ2n) is 4.70. The topological polar surface area (TPSA) is 68.1 Å². The van der Waals surface area contributed by atoms with Crippen molar-refractivity contribution < 1.29 is 14.0 Å². The number of fused-ring (bicyclic) bond motifs is 1. The van der Waals surface area contributed by atoms with Crippen molar-refractivity contribution in [3.8, 4) is 0 Å². The van der Waals surface area contributed by atoms with Gasteiger partial charge in [-0.2, -0.15) is 0 Å². The number of hydrogen-bond donors (Lipinski definition) is 0. The van der Waals surface area contributed by atoms with Gasteiger partial charge < -0.3 is 4.57 Å². The lowest BCUT2D eigenvalue weighted by Gasteiger charge is -2.17. The molecule has 0 unspecified atom stereocenters. The molecule has 7 heteroatoms. The molecule has 1 aromatic heterocycles. The first-order valence-corrected chi connectivity index (χ1v) is 5.98. The molecule has 1 amide bonds. The van der Waals surface area contributed by atoms with Crippen molar-refractivity contribution in [1.29, 1.82) is 0 Å². The van der Waals surface area contributed by atoms with Crippen molar-refractivity contribution in [2.24, 2.45) is 7.05 Å². The van der Waals surface area contributed by atoms with Gasteiger partial charge in [-0.1, -0.05) is 0 Å². The number of nitrogens with zero attached hydrogens (tertiary/aromatic N) is 4. The molecule has 2 aromatic rings. The largest absolute Gasteiger partial charge is 0.319 e.